The molecule has 0 fully saturated rings. The second-order valence-electron chi connectivity index (χ2n) is 13.0. The van der Waals surface area contributed by atoms with Gasteiger partial charge in [-0.25, -0.2) is 0 Å². The summed E-state index contributed by atoms with van der Waals surface area (Å²) in [5.41, 5.74) is 13.8. The minimum absolute atomic E-state index is 1.14. The van der Waals surface area contributed by atoms with Crippen LogP contribution >= 0.6 is 126 Å². The summed E-state index contributed by atoms with van der Waals surface area (Å²) in [7, 11) is 0. The van der Waals surface area contributed by atoms with Gasteiger partial charge in [0.15, 0.2) is 0 Å². The van der Waals surface area contributed by atoms with E-state index in [9.17, 15) is 0 Å². The SMILES string of the molecule is CCCCSC1=C(SCCCC)SC(=C2c3cc(Br)ccc3-c3cc4c(cc32)-c2ccc(Br)cc2C4=C2SC(SCCCC)=C(SCCCC)S2)S1. The zero-order valence-electron chi connectivity index (χ0n) is 30.1. The third-order valence-electron chi connectivity index (χ3n) is 9.19. The van der Waals surface area contributed by atoms with Crippen LogP contribution in [0.3, 0.4) is 0 Å². The molecule has 0 bridgehead atoms. The molecule has 0 atom stereocenters. The minimum atomic E-state index is 1.14. The maximum atomic E-state index is 3.86. The van der Waals surface area contributed by atoms with Crippen molar-refractivity contribution >= 4 is 137 Å². The summed E-state index contributed by atoms with van der Waals surface area (Å²) in [6.07, 6.45) is 10.0. The fourth-order valence-electron chi connectivity index (χ4n) is 6.44. The van der Waals surface area contributed by atoms with E-state index in [1.54, 1.807) is 0 Å². The Labute approximate surface area is 362 Å². The van der Waals surface area contributed by atoms with Gasteiger partial charge in [-0.3, -0.25) is 0 Å². The van der Waals surface area contributed by atoms with Crippen molar-refractivity contribution in [3.05, 3.63) is 105 Å². The van der Waals surface area contributed by atoms with E-state index in [-0.39, 0.29) is 0 Å². The fourth-order valence-corrected chi connectivity index (χ4v) is 19.7. The molecule has 0 saturated carbocycles. The standard InChI is InChI=1S/C42H44Br2S8/c1-5-9-17-45-39-40(46-18-10-6-2)50-37(49-39)35-31-21-25(43)13-15-27(31)29-24-34-30(23-33(29)35)28-16-14-26(44)22-32(28)36(34)38-51-41(47-19-11-7-3)42(52-38)48-20-12-8-4/h13-16,21-24H,5-12,17-20H2,1-4H3. The summed E-state index contributed by atoms with van der Waals surface area (Å²) >= 11 is 24.2. The maximum absolute atomic E-state index is 3.86. The van der Waals surface area contributed by atoms with Crippen LogP contribution in [0.4, 0.5) is 0 Å². The average molecular weight is 965 g/mol. The van der Waals surface area contributed by atoms with Gasteiger partial charge >= 0.3 is 0 Å². The van der Waals surface area contributed by atoms with Crippen molar-refractivity contribution in [3.8, 4) is 22.3 Å². The summed E-state index contributed by atoms with van der Waals surface area (Å²) in [5, 5.41) is 0. The summed E-state index contributed by atoms with van der Waals surface area (Å²) < 4.78 is 11.2. The summed E-state index contributed by atoms with van der Waals surface area (Å²) in [4.78, 5) is 0. The molecule has 0 aromatic heterocycles. The lowest BCUT2D eigenvalue weighted by Crippen LogP contribution is -1.88. The van der Waals surface area contributed by atoms with Crippen molar-refractivity contribution in [3.63, 3.8) is 0 Å². The van der Waals surface area contributed by atoms with Crippen molar-refractivity contribution in [1.82, 2.24) is 0 Å². The number of thioether (sulfide) groups is 8. The van der Waals surface area contributed by atoms with E-state index in [2.05, 4.69) is 155 Å². The largest absolute Gasteiger partial charge is 0.117 e. The third-order valence-corrected chi connectivity index (χ3v) is 21.6. The number of rotatable bonds is 16. The van der Waals surface area contributed by atoms with Crippen LogP contribution in [0.25, 0.3) is 33.4 Å². The molecule has 274 valence electrons. The zero-order valence-corrected chi connectivity index (χ0v) is 39.8. The topological polar surface area (TPSA) is 0 Å². The van der Waals surface area contributed by atoms with E-state index in [0.717, 1.165) is 8.95 Å². The molecule has 0 spiro atoms. The summed E-state index contributed by atoms with van der Waals surface area (Å²) in [6, 6.07) is 19.0. The van der Waals surface area contributed by atoms with Gasteiger partial charge in [-0.15, -0.1) is 47.0 Å². The molecule has 0 nitrogen and oxygen atoms in total. The number of unbranched alkanes of at least 4 members (excludes halogenated alkanes) is 4. The number of hydrogen-bond acceptors (Lipinski definition) is 8. The van der Waals surface area contributed by atoms with Crippen LogP contribution in [-0.4, -0.2) is 23.0 Å². The number of benzene rings is 3. The molecule has 0 unspecified atom stereocenters. The van der Waals surface area contributed by atoms with Gasteiger partial charge in [-0.05, 0) is 130 Å². The molecule has 7 rings (SSSR count). The number of fused-ring (bicyclic) bond motifs is 6. The van der Waals surface area contributed by atoms with Gasteiger partial charge in [0, 0.05) is 20.1 Å². The predicted octanol–water partition coefficient (Wildman–Crippen LogP) is 18.0. The van der Waals surface area contributed by atoms with E-state index in [1.165, 1.54) is 155 Å². The zero-order chi connectivity index (χ0) is 36.2. The molecule has 52 heavy (non-hydrogen) atoms. The lowest BCUT2D eigenvalue weighted by atomic mass is 9.96. The molecule has 0 N–H and O–H groups in total. The van der Waals surface area contributed by atoms with Gasteiger partial charge in [0.1, 0.15) is 0 Å². The second-order valence-corrected chi connectivity index (χ2v) is 24.9. The highest BCUT2D eigenvalue weighted by atomic mass is 79.9. The Morgan fingerprint density at radius 1 is 0.404 bits per heavy atom. The van der Waals surface area contributed by atoms with Crippen molar-refractivity contribution in [2.75, 3.05) is 23.0 Å². The van der Waals surface area contributed by atoms with Crippen LogP contribution < -0.4 is 0 Å². The highest BCUT2D eigenvalue weighted by molar-refractivity contribution is 9.10. The highest BCUT2D eigenvalue weighted by Crippen LogP contribution is 2.65. The second kappa shape index (κ2) is 19.2. The maximum Gasteiger partial charge on any atom is 0.0660 e. The van der Waals surface area contributed by atoms with Gasteiger partial charge in [-0.2, -0.15) is 0 Å². The monoisotopic (exact) mass is 962 g/mol. The molecular weight excluding hydrogens is 921 g/mol. The van der Waals surface area contributed by atoms with Crippen LogP contribution in [-0.2, 0) is 0 Å². The van der Waals surface area contributed by atoms with Crippen LogP contribution in [0.15, 0.2) is 82.9 Å². The van der Waals surface area contributed by atoms with Crippen molar-refractivity contribution < 1.29 is 0 Å². The first-order chi connectivity index (χ1) is 25.4. The summed E-state index contributed by atoms with van der Waals surface area (Å²) in [5.74, 6) is 4.77. The Morgan fingerprint density at radius 2 is 0.712 bits per heavy atom. The van der Waals surface area contributed by atoms with Crippen molar-refractivity contribution in [2.24, 2.45) is 0 Å². The quantitative estimate of drug-likeness (QED) is 0.0886. The van der Waals surface area contributed by atoms with Gasteiger partial charge in [0.2, 0.25) is 0 Å². The van der Waals surface area contributed by atoms with E-state index >= 15 is 0 Å². The fraction of sp³-hybridized carbons (Fsp3) is 0.381. The molecular formula is C42H44Br2S8. The molecule has 3 aromatic carbocycles. The first-order valence-corrected chi connectivity index (χ1v) is 27.2. The van der Waals surface area contributed by atoms with Crippen molar-refractivity contribution in [2.45, 2.75) is 79.1 Å². The van der Waals surface area contributed by atoms with E-state index < -0.39 is 0 Å². The minimum Gasteiger partial charge on any atom is -0.117 e. The predicted molar refractivity (Wildman–Crippen MR) is 259 cm³/mol. The Kier molecular flexibility index (Phi) is 15.0. The Bertz CT molecular complexity index is 1780. The third kappa shape index (κ3) is 8.77. The van der Waals surface area contributed by atoms with Crippen LogP contribution in [0.2, 0.25) is 0 Å². The first-order valence-electron chi connectivity index (χ1n) is 18.4. The van der Waals surface area contributed by atoms with Gasteiger partial charge in [0.25, 0.3) is 0 Å². The molecule has 2 aliphatic heterocycles. The van der Waals surface area contributed by atoms with E-state index in [0.29, 0.717) is 0 Å². The van der Waals surface area contributed by atoms with E-state index in [4.69, 9.17) is 0 Å². The lowest BCUT2D eigenvalue weighted by Gasteiger charge is -2.11. The molecule has 2 aliphatic carbocycles. The number of hydrogen-bond donors (Lipinski definition) is 0. The Balaban J connectivity index is 1.34. The Morgan fingerprint density at radius 3 is 1.02 bits per heavy atom. The average Bonchev–Trinajstić information content (AvgIpc) is 3.88. The molecule has 0 radical (unpaired) electrons. The highest BCUT2D eigenvalue weighted by Gasteiger charge is 2.37. The molecule has 10 heteroatoms. The Hall–Kier alpha value is 0.380. The first kappa shape index (κ1) is 40.6. The number of halogens is 2. The van der Waals surface area contributed by atoms with Gasteiger partial charge in [0.05, 0.1) is 25.4 Å². The van der Waals surface area contributed by atoms with Crippen molar-refractivity contribution in [1.29, 1.82) is 0 Å². The molecule has 0 amide bonds. The normalized spacial score (nSPS) is 16.1. The molecule has 2 heterocycles. The summed E-state index contributed by atoms with van der Waals surface area (Å²) in [6.45, 7) is 9.20. The van der Waals surface area contributed by atoms with E-state index in [1.807, 2.05) is 47.0 Å². The lowest BCUT2D eigenvalue weighted by molar-refractivity contribution is 0.897. The van der Waals surface area contributed by atoms with Crippen LogP contribution in [0, 0.1) is 0 Å². The molecule has 4 aliphatic rings. The van der Waals surface area contributed by atoms with Crippen LogP contribution in [0.1, 0.15) is 101 Å². The van der Waals surface area contributed by atoms with Crippen LogP contribution in [0.5, 0.6) is 0 Å². The van der Waals surface area contributed by atoms with Gasteiger partial charge < -0.3 is 0 Å². The van der Waals surface area contributed by atoms with Gasteiger partial charge in [-0.1, -0.05) is 144 Å². The molecule has 0 saturated heterocycles. The smallest absolute Gasteiger partial charge is 0.0660 e. The molecule has 3 aromatic rings.